The summed E-state index contributed by atoms with van der Waals surface area (Å²) < 4.78 is 6.03. The number of ketones is 1. The van der Waals surface area contributed by atoms with Gasteiger partial charge in [-0.15, -0.1) is 0 Å². The Bertz CT molecular complexity index is 2220. The first-order valence-electron chi connectivity index (χ1n) is 22.2. The zero-order valence-corrected chi connectivity index (χ0v) is 36.2. The summed E-state index contributed by atoms with van der Waals surface area (Å²) in [5.74, 6) is -1.48. The SMILES string of the molecule is CC1=C(O)C(=O)C=C2C1=CC=C1[C@@]2(C)CC[C@@]2(C)[C@@H]3C[C@](C)(C(=O)OCCCCCCC(=O)Nc4cccc5c4CN(C4CCC(=O)NC4=O)C5=O)CC[C@]3(C)CC[C@]12C. The maximum absolute atomic E-state index is 13.9. The number of ether oxygens (including phenoxy) is 1. The van der Waals surface area contributed by atoms with Gasteiger partial charge in [0, 0.05) is 47.2 Å². The molecule has 11 nitrogen and oxygen atoms in total. The number of unbranched alkanes of at least 4 members (excludes halogenated alkanes) is 3. The van der Waals surface area contributed by atoms with Crippen LogP contribution in [0.15, 0.2) is 64.5 Å². The summed E-state index contributed by atoms with van der Waals surface area (Å²) in [6.07, 6.45) is 16.5. The molecule has 0 aromatic heterocycles. The van der Waals surface area contributed by atoms with Crippen LogP contribution in [0.3, 0.4) is 0 Å². The van der Waals surface area contributed by atoms with Gasteiger partial charge in [-0.3, -0.25) is 34.1 Å². The largest absolute Gasteiger partial charge is 0.504 e. The molecule has 5 aliphatic carbocycles. The quantitative estimate of drug-likeness (QED) is 0.120. The summed E-state index contributed by atoms with van der Waals surface area (Å²) in [5, 5.41) is 15.8. The van der Waals surface area contributed by atoms with Crippen molar-refractivity contribution >= 4 is 41.1 Å². The van der Waals surface area contributed by atoms with Gasteiger partial charge in [-0.1, -0.05) is 64.3 Å². The normalized spacial score (nSPS) is 34.6. The summed E-state index contributed by atoms with van der Waals surface area (Å²) in [5.41, 5.74) is 4.83. The van der Waals surface area contributed by atoms with Crippen LogP contribution in [0.1, 0.15) is 147 Å². The van der Waals surface area contributed by atoms with E-state index < -0.39 is 17.4 Å². The molecule has 60 heavy (non-hydrogen) atoms. The van der Waals surface area contributed by atoms with Crippen molar-refractivity contribution < 1.29 is 38.6 Å². The number of benzene rings is 1. The summed E-state index contributed by atoms with van der Waals surface area (Å²) in [7, 11) is 0. The molecule has 2 heterocycles. The van der Waals surface area contributed by atoms with Crippen molar-refractivity contribution in [3.63, 3.8) is 0 Å². The first kappa shape index (κ1) is 41.9. The van der Waals surface area contributed by atoms with Crippen LogP contribution in [0.5, 0.6) is 0 Å². The van der Waals surface area contributed by atoms with Crippen LogP contribution in [0, 0.1) is 33.0 Å². The lowest BCUT2D eigenvalue weighted by Crippen LogP contribution is -2.62. The topological polar surface area (TPSA) is 159 Å². The smallest absolute Gasteiger partial charge is 0.311 e. The van der Waals surface area contributed by atoms with Crippen LogP contribution in [-0.4, -0.2) is 58.0 Å². The van der Waals surface area contributed by atoms with E-state index in [2.05, 4.69) is 57.4 Å². The second-order valence-electron chi connectivity index (χ2n) is 20.2. The Kier molecular flexibility index (Phi) is 10.5. The number of allylic oxidation sites excluding steroid dienone is 7. The molecule has 0 spiro atoms. The molecule has 1 aromatic carbocycles. The number of carbonyl (C=O) groups is 6. The average Bonchev–Trinajstić information content (AvgIpc) is 3.54. The van der Waals surface area contributed by atoms with Gasteiger partial charge in [0.1, 0.15) is 6.04 Å². The van der Waals surface area contributed by atoms with Crippen LogP contribution in [0.2, 0.25) is 0 Å². The minimum Gasteiger partial charge on any atom is -0.504 e. The van der Waals surface area contributed by atoms with E-state index in [0.717, 1.165) is 75.4 Å². The van der Waals surface area contributed by atoms with E-state index >= 15 is 0 Å². The van der Waals surface area contributed by atoms with E-state index in [1.807, 2.05) is 6.92 Å². The van der Waals surface area contributed by atoms with Gasteiger partial charge in [-0.25, -0.2) is 0 Å². The minimum atomic E-state index is -0.718. The molecule has 0 bridgehead atoms. The molecule has 1 aromatic rings. The number of rotatable bonds is 10. The lowest BCUT2D eigenvalue weighted by atomic mass is 9.34. The van der Waals surface area contributed by atoms with E-state index in [0.29, 0.717) is 47.8 Å². The summed E-state index contributed by atoms with van der Waals surface area (Å²) in [6.45, 7) is 14.1. The van der Waals surface area contributed by atoms with Crippen molar-refractivity contribution in [2.75, 3.05) is 11.9 Å². The lowest BCUT2D eigenvalue weighted by Gasteiger charge is -2.70. The third-order valence-corrected chi connectivity index (χ3v) is 16.8. The monoisotopic (exact) mass is 819 g/mol. The molecule has 1 saturated heterocycles. The summed E-state index contributed by atoms with van der Waals surface area (Å²) >= 11 is 0. The number of esters is 1. The second kappa shape index (κ2) is 15.0. The fourth-order valence-electron chi connectivity index (χ4n) is 12.6. The maximum atomic E-state index is 13.9. The third kappa shape index (κ3) is 6.60. The molecule has 7 aliphatic rings. The molecule has 2 aliphatic heterocycles. The van der Waals surface area contributed by atoms with Crippen molar-refractivity contribution in [1.29, 1.82) is 0 Å². The molecule has 3 saturated carbocycles. The Morgan fingerprint density at radius 3 is 2.45 bits per heavy atom. The molecule has 0 radical (unpaired) electrons. The number of imide groups is 1. The average molecular weight is 820 g/mol. The highest BCUT2D eigenvalue weighted by molar-refractivity contribution is 6.07. The number of aliphatic hydroxyl groups excluding tert-OH is 1. The van der Waals surface area contributed by atoms with Gasteiger partial charge in [0.2, 0.25) is 23.5 Å². The van der Waals surface area contributed by atoms with E-state index in [-0.39, 0.29) is 76.3 Å². The molecule has 4 fully saturated rings. The number of piperidine rings is 1. The van der Waals surface area contributed by atoms with Crippen LogP contribution in [-0.2, 0) is 35.3 Å². The number of hydrogen-bond donors (Lipinski definition) is 3. The third-order valence-electron chi connectivity index (χ3n) is 16.8. The Morgan fingerprint density at radius 2 is 1.68 bits per heavy atom. The van der Waals surface area contributed by atoms with E-state index in [4.69, 9.17) is 4.74 Å². The second-order valence-corrected chi connectivity index (χ2v) is 20.2. The van der Waals surface area contributed by atoms with Crippen molar-refractivity contribution in [3.8, 4) is 0 Å². The molecular weight excluding hydrogens is 759 g/mol. The Labute approximate surface area is 353 Å². The van der Waals surface area contributed by atoms with Crippen LogP contribution >= 0.6 is 0 Å². The van der Waals surface area contributed by atoms with Crippen molar-refractivity contribution in [2.45, 2.75) is 144 Å². The zero-order valence-electron chi connectivity index (χ0n) is 36.2. The van der Waals surface area contributed by atoms with E-state index in [1.165, 1.54) is 10.5 Å². The van der Waals surface area contributed by atoms with Crippen molar-refractivity contribution in [3.05, 3.63) is 75.6 Å². The summed E-state index contributed by atoms with van der Waals surface area (Å²) in [4.78, 5) is 78.5. The lowest BCUT2D eigenvalue weighted by molar-refractivity contribution is -0.182. The van der Waals surface area contributed by atoms with Gasteiger partial charge in [0.25, 0.3) is 5.91 Å². The first-order valence-corrected chi connectivity index (χ1v) is 22.2. The van der Waals surface area contributed by atoms with Crippen LogP contribution < -0.4 is 10.6 Å². The predicted molar refractivity (Wildman–Crippen MR) is 226 cm³/mol. The number of anilines is 1. The number of aliphatic hydroxyl groups is 1. The van der Waals surface area contributed by atoms with Gasteiger partial charge < -0.3 is 20.1 Å². The van der Waals surface area contributed by atoms with Crippen LogP contribution in [0.4, 0.5) is 5.69 Å². The molecule has 3 N–H and O–H groups in total. The van der Waals surface area contributed by atoms with Crippen molar-refractivity contribution in [2.24, 2.45) is 33.0 Å². The first-order chi connectivity index (χ1) is 28.3. The fourth-order valence-corrected chi connectivity index (χ4v) is 12.6. The number of nitrogens with zero attached hydrogens (tertiary/aromatic N) is 1. The number of fused-ring (bicyclic) bond motifs is 8. The van der Waals surface area contributed by atoms with Crippen LogP contribution in [0.25, 0.3) is 0 Å². The highest BCUT2D eigenvalue weighted by Gasteiger charge is 2.67. The predicted octanol–water partition coefficient (Wildman–Crippen LogP) is 8.51. The molecule has 4 amide bonds. The Morgan fingerprint density at radius 1 is 0.933 bits per heavy atom. The van der Waals surface area contributed by atoms with Gasteiger partial charge in [0.15, 0.2) is 5.76 Å². The van der Waals surface area contributed by atoms with Gasteiger partial charge >= 0.3 is 5.97 Å². The summed E-state index contributed by atoms with van der Waals surface area (Å²) in [6, 6.07) is 4.47. The number of amides is 4. The van der Waals surface area contributed by atoms with Gasteiger partial charge in [-0.2, -0.15) is 0 Å². The number of carbonyl (C=O) groups excluding carboxylic acids is 6. The highest BCUT2D eigenvalue weighted by atomic mass is 16.5. The van der Waals surface area contributed by atoms with Gasteiger partial charge in [-0.05, 0) is 130 Å². The van der Waals surface area contributed by atoms with Gasteiger partial charge in [0.05, 0.1) is 12.0 Å². The van der Waals surface area contributed by atoms with E-state index in [1.54, 1.807) is 24.3 Å². The molecule has 11 heteroatoms. The zero-order chi connectivity index (χ0) is 43.0. The molecule has 7 atom stereocenters. The minimum absolute atomic E-state index is 0.0503. The molecular formula is C49H61N3O8. The standard InChI is InChI=1S/C49H61N3O8/c1-29-30-15-17-37-47(4,33(30)26-36(53)41(29)56)22-24-49(6)38-27-46(3,20-19-45(38,2)21-23-48(37,49)5)44(59)60-25-10-8-7-9-14-39(54)50-34-13-11-12-31-32(34)28-52(43(31)58)35-16-18-40(55)51-42(35)57/h11-13,15,17,26,35,38,56H,7-10,14,16,18-25,27-28H2,1-6H3,(H,50,54)(H,51,55,57)/t35?,38-,45-,46-,47+,48-,49+/m1/s1. The fraction of sp³-hybridized carbons (Fsp3) is 0.592. The molecule has 1 unspecified atom stereocenters. The molecule has 320 valence electrons. The highest BCUT2D eigenvalue weighted by Crippen LogP contribution is 2.75. The van der Waals surface area contributed by atoms with E-state index in [9.17, 15) is 33.9 Å². The Hall–Kier alpha value is -4.80. The Balaban J connectivity index is 0.828. The van der Waals surface area contributed by atoms with Crippen molar-refractivity contribution in [1.82, 2.24) is 10.2 Å². The number of nitrogens with one attached hydrogen (secondary N) is 2. The number of hydrogen-bond acceptors (Lipinski definition) is 8. The molecule has 8 rings (SSSR count). The maximum Gasteiger partial charge on any atom is 0.311 e.